The number of pyridine rings is 2. The summed E-state index contributed by atoms with van der Waals surface area (Å²) < 4.78 is 7.50. The molecule has 1 amide bonds. The first-order chi connectivity index (χ1) is 13.9. The van der Waals surface area contributed by atoms with Gasteiger partial charge < -0.3 is 9.64 Å². The van der Waals surface area contributed by atoms with Crippen molar-refractivity contribution in [1.29, 1.82) is 0 Å². The van der Waals surface area contributed by atoms with E-state index in [-0.39, 0.29) is 11.9 Å². The van der Waals surface area contributed by atoms with Crippen LogP contribution in [0.3, 0.4) is 0 Å². The Morgan fingerprint density at radius 2 is 1.93 bits per heavy atom. The summed E-state index contributed by atoms with van der Waals surface area (Å²) in [6.07, 6.45) is 5.36. The van der Waals surface area contributed by atoms with Crippen LogP contribution in [0.25, 0.3) is 11.4 Å². The van der Waals surface area contributed by atoms with Crippen molar-refractivity contribution < 1.29 is 9.53 Å². The molecule has 3 heterocycles. The number of carbonyl (C=O) groups is 1. The number of rotatable bonds is 7. The molecule has 0 aliphatic heterocycles. The highest BCUT2D eigenvalue weighted by Gasteiger charge is 2.25. The molecule has 0 fully saturated rings. The average Bonchev–Trinajstić information content (AvgIpc) is 3.14. The van der Waals surface area contributed by atoms with Gasteiger partial charge in [-0.3, -0.25) is 14.5 Å². The highest BCUT2D eigenvalue weighted by molar-refractivity contribution is 5.99. The Morgan fingerprint density at radius 3 is 2.55 bits per heavy atom. The first kappa shape index (κ1) is 20.5. The van der Waals surface area contributed by atoms with E-state index in [0.717, 1.165) is 11.1 Å². The molecule has 29 heavy (non-hydrogen) atoms. The van der Waals surface area contributed by atoms with E-state index in [2.05, 4.69) is 15.1 Å². The molecule has 0 saturated heterocycles. The molecular weight excluding hydrogens is 366 g/mol. The summed E-state index contributed by atoms with van der Waals surface area (Å²) in [6.45, 7) is 8.75. The number of carbonyl (C=O) groups excluding carboxylic acids is 1. The quantitative estimate of drug-likeness (QED) is 0.615. The molecular formula is C22H27N5O2. The second-order valence-electron chi connectivity index (χ2n) is 7.21. The minimum Gasteiger partial charge on any atom is -0.475 e. The van der Waals surface area contributed by atoms with Gasteiger partial charge in [0.05, 0.1) is 11.6 Å². The van der Waals surface area contributed by atoms with Crippen LogP contribution in [0.5, 0.6) is 5.88 Å². The van der Waals surface area contributed by atoms with Gasteiger partial charge in [-0.2, -0.15) is 5.10 Å². The molecule has 0 aromatic carbocycles. The van der Waals surface area contributed by atoms with Gasteiger partial charge in [-0.15, -0.1) is 0 Å². The lowest BCUT2D eigenvalue weighted by Crippen LogP contribution is -2.42. The first-order valence-corrected chi connectivity index (χ1v) is 9.72. The van der Waals surface area contributed by atoms with Gasteiger partial charge >= 0.3 is 0 Å². The Kier molecular flexibility index (Phi) is 6.26. The van der Waals surface area contributed by atoms with Crippen molar-refractivity contribution in [2.24, 2.45) is 7.05 Å². The lowest BCUT2D eigenvalue weighted by molar-refractivity contribution is 0.0646. The molecule has 0 aliphatic rings. The van der Waals surface area contributed by atoms with E-state index in [4.69, 9.17) is 4.74 Å². The zero-order valence-electron chi connectivity index (χ0n) is 17.6. The zero-order valence-corrected chi connectivity index (χ0v) is 17.6. The fourth-order valence-electron chi connectivity index (χ4n) is 3.12. The van der Waals surface area contributed by atoms with Gasteiger partial charge in [0.15, 0.2) is 0 Å². The van der Waals surface area contributed by atoms with E-state index in [0.29, 0.717) is 36.0 Å². The Morgan fingerprint density at radius 1 is 1.17 bits per heavy atom. The topological polar surface area (TPSA) is 73.1 Å². The number of aryl methyl sites for hydroxylation is 3. The summed E-state index contributed by atoms with van der Waals surface area (Å²) in [5, 5.41) is 4.42. The van der Waals surface area contributed by atoms with Gasteiger partial charge in [0.25, 0.3) is 5.91 Å². The number of ether oxygens (including phenoxy) is 1. The standard InChI is InChI=1S/C22H27N5O2/c1-6-27(17(4)14-29-20-8-7-15(2)12-23-20)22(28)18-11-16(3)13-24-21(18)19-9-10-26(5)25-19/h7-13,17H,6,14H2,1-5H3/t17-/m0/s1. The van der Waals surface area contributed by atoms with E-state index >= 15 is 0 Å². The second-order valence-corrected chi connectivity index (χ2v) is 7.21. The highest BCUT2D eigenvalue weighted by Crippen LogP contribution is 2.23. The van der Waals surface area contributed by atoms with E-state index in [1.807, 2.05) is 65.2 Å². The maximum atomic E-state index is 13.4. The van der Waals surface area contributed by atoms with Crippen LogP contribution in [-0.4, -0.2) is 49.7 Å². The summed E-state index contributed by atoms with van der Waals surface area (Å²) >= 11 is 0. The summed E-state index contributed by atoms with van der Waals surface area (Å²) in [4.78, 5) is 24.0. The molecule has 0 spiro atoms. The molecule has 0 bridgehead atoms. The van der Waals surface area contributed by atoms with Gasteiger partial charge in [-0.05, 0) is 51.0 Å². The van der Waals surface area contributed by atoms with Crippen LogP contribution in [0.1, 0.15) is 35.3 Å². The molecule has 152 valence electrons. The molecule has 0 saturated carbocycles. The minimum atomic E-state index is -0.132. The SMILES string of the molecule is CCN(C(=O)c1cc(C)cnc1-c1ccn(C)n1)[C@@H](C)COc1ccc(C)cn1. The van der Waals surface area contributed by atoms with Crippen LogP contribution in [0.2, 0.25) is 0 Å². The molecule has 3 aromatic rings. The van der Waals surface area contributed by atoms with Crippen molar-refractivity contribution in [3.63, 3.8) is 0 Å². The molecule has 1 atom stereocenters. The normalized spacial score (nSPS) is 11.9. The summed E-state index contributed by atoms with van der Waals surface area (Å²) in [5.41, 5.74) is 3.82. The van der Waals surface area contributed by atoms with Crippen LogP contribution in [0.4, 0.5) is 0 Å². The third kappa shape index (κ3) is 4.80. The predicted octanol–water partition coefficient (Wildman–Crippen LogP) is 3.42. The summed E-state index contributed by atoms with van der Waals surface area (Å²) in [5.74, 6) is 0.467. The van der Waals surface area contributed by atoms with E-state index in [1.165, 1.54) is 0 Å². The van der Waals surface area contributed by atoms with Gasteiger partial charge in [-0.1, -0.05) is 6.07 Å². The maximum absolute atomic E-state index is 13.4. The van der Waals surface area contributed by atoms with E-state index in [1.54, 1.807) is 22.0 Å². The molecule has 0 aliphatic carbocycles. The molecule has 7 heteroatoms. The third-order valence-electron chi connectivity index (χ3n) is 4.70. The van der Waals surface area contributed by atoms with Gasteiger partial charge in [0.1, 0.15) is 18.0 Å². The summed E-state index contributed by atoms with van der Waals surface area (Å²) in [6, 6.07) is 7.39. The molecule has 7 nitrogen and oxygen atoms in total. The molecule has 3 aromatic heterocycles. The third-order valence-corrected chi connectivity index (χ3v) is 4.70. The number of aromatic nitrogens is 4. The second kappa shape index (κ2) is 8.86. The summed E-state index contributed by atoms with van der Waals surface area (Å²) in [7, 11) is 1.84. The average molecular weight is 393 g/mol. The first-order valence-electron chi connectivity index (χ1n) is 9.72. The Balaban J connectivity index is 1.81. The monoisotopic (exact) mass is 393 g/mol. The molecule has 0 N–H and O–H groups in total. The largest absolute Gasteiger partial charge is 0.475 e. The highest BCUT2D eigenvalue weighted by atomic mass is 16.5. The number of likely N-dealkylation sites (N-methyl/N-ethyl adjacent to an activating group) is 1. The lowest BCUT2D eigenvalue weighted by atomic mass is 10.1. The van der Waals surface area contributed by atoms with Crippen LogP contribution >= 0.6 is 0 Å². The van der Waals surface area contributed by atoms with E-state index in [9.17, 15) is 4.79 Å². The maximum Gasteiger partial charge on any atom is 0.256 e. The molecule has 0 radical (unpaired) electrons. The van der Waals surface area contributed by atoms with Crippen LogP contribution in [0.15, 0.2) is 42.9 Å². The Bertz CT molecular complexity index is 981. The predicted molar refractivity (Wildman–Crippen MR) is 112 cm³/mol. The number of hydrogen-bond acceptors (Lipinski definition) is 5. The van der Waals surface area contributed by atoms with E-state index < -0.39 is 0 Å². The zero-order chi connectivity index (χ0) is 21.0. The van der Waals surface area contributed by atoms with Crippen molar-refractivity contribution in [3.05, 3.63) is 59.5 Å². The number of hydrogen-bond donors (Lipinski definition) is 0. The smallest absolute Gasteiger partial charge is 0.256 e. The van der Waals surface area contributed by atoms with Crippen molar-refractivity contribution in [2.75, 3.05) is 13.2 Å². The van der Waals surface area contributed by atoms with Gasteiger partial charge in [0, 0.05) is 38.2 Å². The number of nitrogens with zero attached hydrogens (tertiary/aromatic N) is 5. The Hall–Kier alpha value is -3.22. The van der Waals surface area contributed by atoms with Crippen LogP contribution < -0.4 is 4.74 Å². The van der Waals surface area contributed by atoms with Crippen LogP contribution in [0, 0.1) is 13.8 Å². The van der Waals surface area contributed by atoms with Crippen molar-refractivity contribution in [3.8, 4) is 17.3 Å². The van der Waals surface area contributed by atoms with Crippen molar-refractivity contribution >= 4 is 5.91 Å². The minimum absolute atomic E-state index is 0.0858. The van der Waals surface area contributed by atoms with Crippen LogP contribution in [-0.2, 0) is 7.05 Å². The lowest BCUT2D eigenvalue weighted by Gasteiger charge is -2.28. The van der Waals surface area contributed by atoms with Gasteiger partial charge in [0.2, 0.25) is 5.88 Å². The fourth-order valence-corrected chi connectivity index (χ4v) is 3.12. The van der Waals surface area contributed by atoms with Gasteiger partial charge in [-0.25, -0.2) is 4.98 Å². The van der Waals surface area contributed by atoms with Crippen molar-refractivity contribution in [1.82, 2.24) is 24.6 Å². The number of amides is 1. The molecule has 3 rings (SSSR count). The van der Waals surface area contributed by atoms with Crippen molar-refractivity contribution in [2.45, 2.75) is 33.7 Å². The molecule has 0 unspecified atom stereocenters. The fraction of sp³-hybridized carbons (Fsp3) is 0.364. The Labute approximate surface area is 171 Å².